The number of rotatable bonds is 11. The second-order valence-electron chi connectivity index (χ2n) is 13.0. The van der Waals surface area contributed by atoms with E-state index in [9.17, 15) is 19.5 Å². The first-order chi connectivity index (χ1) is 26.8. The summed E-state index contributed by atoms with van der Waals surface area (Å²) in [5.41, 5.74) is 1.45. The SMILES string of the molecule is COc1ccc(C(OC[C@H]2O[C@@H](n3cc(C#Cc4cccc(C(=O)c5ccccc5)c4)c(=O)[nH]c3=O)C[C@@H]2O)(c2ccccc2)c2ccc(OC)cc2)cc1. The number of benzene rings is 5. The number of aliphatic hydroxyl groups excluding tert-OH is 1. The summed E-state index contributed by atoms with van der Waals surface area (Å²) in [7, 11) is 3.21. The second-order valence-corrected chi connectivity index (χ2v) is 13.0. The number of hydrogen-bond donors (Lipinski definition) is 2. The molecule has 0 aliphatic carbocycles. The van der Waals surface area contributed by atoms with Crippen molar-refractivity contribution in [1.82, 2.24) is 9.55 Å². The van der Waals surface area contributed by atoms with Gasteiger partial charge in [-0.2, -0.15) is 0 Å². The largest absolute Gasteiger partial charge is 0.497 e. The van der Waals surface area contributed by atoms with E-state index in [2.05, 4.69) is 16.8 Å². The minimum Gasteiger partial charge on any atom is -0.497 e. The number of aliphatic hydroxyl groups is 1. The second kappa shape index (κ2) is 16.2. The van der Waals surface area contributed by atoms with E-state index in [0.29, 0.717) is 28.2 Å². The number of ether oxygens (including phenoxy) is 4. The van der Waals surface area contributed by atoms with Crippen LogP contribution in [0.5, 0.6) is 11.5 Å². The Kier molecular flexibility index (Phi) is 10.9. The Morgan fingerprint density at radius 1 is 0.782 bits per heavy atom. The zero-order valence-electron chi connectivity index (χ0n) is 30.2. The Morgan fingerprint density at radius 2 is 1.36 bits per heavy atom. The lowest BCUT2D eigenvalue weighted by atomic mass is 9.80. The summed E-state index contributed by atoms with van der Waals surface area (Å²) in [5.74, 6) is 6.99. The van der Waals surface area contributed by atoms with Gasteiger partial charge < -0.3 is 24.1 Å². The average molecular weight is 735 g/mol. The quantitative estimate of drug-likeness (QED) is 0.0966. The van der Waals surface area contributed by atoms with Crippen molar-refractivity contribution >= 4 is 5.78 Å². The zero-order valence-corrected chi connectivity index (χ0v) is 30.2. The molecule has 5 aromatic carbocycles. The molecule has 1 aromatic heterocycles. The standard InChI is InChI=1S/C45H38N2O8/c1-52-37-22-18-35(19-23-37)45(34-14-7-4-8-15-34,36-20-24-38(53-2)25-21-36)54-29-40-39(48)27-41(55-40)47-28-33(43(50)46-44(47)51)17-16-30-10-9-13-32(26-30)42(49)31-11-5-3-6-12-31/h3-15,18-26,28,39-41,48H,27,29H2,1-2H3,(H,46,50,51)/t39-,40+,41+/m0/s1. The van der Waals surface area contributed by atoms with E-state index in [-0.39, 0.29) is 24.4 Å². The van der Waals surface area contributed by atoms with Gasteiger partial charge in [0.2, 0.25) is 0 Å². The first-order valence-electron chi connectivity index (χ1n) is 17.7. The summed E-state index contributed by atoms with van der Waals surface area (Å²) < 4.78 is 25.3. The number of carbonyl (C=O) groups is 1. The van der Waals surface area contributed by atoms with Crippen LogP contribution in [0.2, 0.25) is 0 Å². The van der Waals surface area contributed by atoms with Crippen molar-refractivity contribution in [2.45, 2.75) is 30.5 Å². The molecule has 0 spiro atoms. The zero-order chi connectivity index (χ0) is 38.4. The fourth-order valence-electron chi connectivity index (χ4n) is 6.74. The van der Waals surface area contributed by atoms with Gasteiger partial charge in [0.1, 0.15) is 35.0 Å². The number of carbonyl (C=O) groups excluding carboxylic acids is 1. The first-order valence-corrected chi connectivity index (χ1v) is 17.7. The molecule has 7 rings (SSSR count). The van der Waals surface area contributed by atoms with E-state index in [0.717, 1.165) is 16.7 Å². The maximum absolute atomic E-state index is 13.1. The number of aromatic amines is 1. The summed E-state index contributed by atoms with van der Waals surface area (Å²) >= 11 is 0. The van der Waals surface area contributed by atoms with Crippen LogP contribution in [0.3, 0.4) is 0 Å². The molecule has 10 heteroatoms. The normalized spacial score (nSPS) is 16.5. The van der Waals surface area contributed by atoms with Gasteiger partial charge >= 0.3 is 5.69 Å². The van der Waals surface area contributed by atoms with Crippen molar-refractivity contribution in [3.63, 3.8) is 0 Å². The summed E-state index contributed by atoms with van der Waals surface area (Å²) in [4.78, 5) is 41.3. The van der Waals surface area contributed by atoms with Crippen molar-refractivity contribution in [2.75, 3.05) is 20.8 Å². The molecule has 0 bridgehead atoms. The highest BCUT2D eigenvalue weighted by Gasteiger charge is 2.42. The Hall–Kier alpha value is -6.51. The van der Waals surface area contributed by atoms with Crippen molar-refractivity contribution in [1.29, 1.82) is 0 Å². The highest BCUT2D eigenvalue weighted by Crippen LogP contribution is 2.42. The molecule has 1 fully saturated rings. The molecule has 2 heterocycles. The van der Waals surface area contributed by atoms with Gasteiger partial charge in [-0.25, -0.2) is 4.79 Å². The van der Waals surface area contributed by atoms with E-state index < -0.39 is 35.3 Å². The van der Waals surface area contributed by atoms with Gasteiger partial charge in [0, 0.05) is 29.3 Å². The molecule has 55 heavy (non-hydrogen) atoms. The molecule has 1 aliphatic rings. The van der Waals surface area contributed by atoms with Crippen LogP contribution < -0.4 is 20.7 Å². The lowest BCUT2D eigenvalue weighted by molar-refractivity contribution is -0.0944. The molecule has 276 valence electrons. The van der Waals surface area contributed by atoms with Crippen LogP contribution in [0.15, 0.2) is 149 Å². The summed E-state index contributed by atoms with van der Waals surface area (Å²) in [6, 6.07) is 40.6. The van der Waals surface area contributed by atoms with Crippen LogP contribution in [-0.2, 0) is 15.1 Å². The molecule has 1 saturated heterocycles. The minimum atomic E-state index is -1.15. The summed E-state index contributed by atoms with van der Waals surface area (Å²) in [6.07, 6.45) is -1.39. The fraction of sp³-hybridized carbons (Fsp3) is 0.178. The van der Waals surface area contributed by atoms with Gasteiger partial charge in [0.25, 0.3) is 5.56 Å². The Balaban J connectivity index is 1.16. The molecule has 0 radical (unpaired) electrons. The fourth-order valence-corrected chi connectivity index (χ4v) is 6.74. The summed E-state index contributed by atoms with van der Waals surface area (Å²) in [5, 5.41) is 11.3. The van der Waals surface area contributed by atoms with Gasteiger partial charge in [0.15, 0.2) is 5.78 Å². The van der Waals surface area contributed by atoms with Crippen LogP contribution in [-0.4, -0.2) is 53.5 Å². The van der Waals surface area contributed by atoms with Gasteiger partial charge in [-0.3, -0.25) is 19.1 Å². The minimum absolute atomic E-state index is 0.0132. The van der Waals surface area contributed by atoms with E-state index in [1.165, 1.54) is 10.8 Å². The third-order valence-electron chi connectivity index (χ3n) is 9.62. The number of hydrogen-bond acceptors (Lipinski definition) is 8. The maximum Gasteiger partial charge on any atom is 0.330 e. The third kappa shape index (κ3) is 7.77. The molecule has 6 aromatic rings. The van der Waals surface area contributed by atoms with Crippen LogP contribution >= 0.6 is 0 Å². The molecule has 3 atom stereocenters. The predicted octanol–water partition coefficient (Wildman–Crippen LogP) is 5.84. The van der Waals surface area contributed by atoms with E-state index in [1.54, 1.807) is 62.8 Å². The maximum atomic E-state index is 13.1. The summed E-state index contributed by atoms with van der Waals surface area (Å²) in [6.45, 7) is -0.0621. The van der Waals surface area contributed by atoms with E-state index in [4.69, 9.17) is 18.9 Å². The van der Waals surface area contributed by atoms with Crippen LogP contribution in [0.25, 0.3) is 0 Å². The van der Waals surface area contributed by atoms with E-state index in [1.807, 2.05) is 84.9 Å². The van der Waals surface area contributed by atoms with Gasteiger partial charge in [-0.1, -0.05) is 109 Å². The predicted molar refractivity (Wildman–Crippen MR) is 206 cm³/mol. The van der Waals surface area contributed by atoms with Gasteiger partial charge in [-0.05, 0) is 53.1 Å². The average Bonchev–Trinajstić information content (AvgIpc) is 3.61. The van der Waals surface area contributed by atoms with Gasteiger partial charge in [0.05, 0.1) is 26.9 Å². The Bertz CT molecular complexity index is 2400. The number of ketones is 1. The highest BCUT2D eigenvalue weighted by molar-refractivity contribution is 6.09. The number of H-pyrrole nitrogens is 1. The number of methoxy groups -OCH3 is 2. The van der Waals surface area contributed by atoms with Gasteiger partial charge in [-0.15, -0.1) is 0 Å². The molecular weight excluding hydrogens is 697 g/mol. The number of nitrogens with zero attached hydrogens (tertiary/aromatic N) is 1. The molecule has 0 saturated carbocycles. The van der Waals surface area contributed by atoms with Crippen LogP contribution in [0.4, 0.5) is 0 Å². The topological polar surface area (TPSA) is 129 Å². The smallest absolute Gasteiger partial charge is 0.330 e. The number of nitrogens with one attached hydrogen (secondary N) is 1. The van der Waals surface area contributed by atoms with Crippen molar-refractivity contribution in [3.8, 4) is 23.3 Å². The van der Waals surface area contributed by atoms with Crippen LogP contribution in [0, 0.1) is 11.8 Å². The molecule has 10 nitrogen and oxygen atoms in total. The molecule has 0 amide bonds. The molecule has 0 unspecified atom stereocenters. The van der Waals surface area contributed by atoms with Crippen molar-refractivity contribution in [2.24, 2.45) is 0 Å². The number of aromatic nitrogens is 2. The van der Waals surface area contributed by atoms with Crippen LogP contribution in [0.1, 0.15) is 56.4 Å². The molecule has 2 N–H and O–H groups in total. The Morgan fingerprint density at radius 3 is 1.98 bits per heavy atom. The molecule has 1 aliphatic heterocycles. The highest BCUT2D eigenvalue weighted by atomic mass is 16.6. The first kappa shape index (κ1) is 36.8. The van der Waals surface area contributed by atoms with Crippen molar-refractivity contribution < 1.29 is 28.8 Å². The lowest BCUT2D eigenvalue weighted by Gasteiger charge is -2.37. The Labute approximate surface area is 317 Å². The van der Waals surface area contributed by atoms with Crippen molar-refractivity contribution in [3.05, 3.63) is 199 Å². The molecular formula is C45H38N2O8. The lowest BCUT2D eigenvalue weighted by Crippen LogP contribution is -2.38. The third-order valence-corrected chi connectivity index (χ3v) is 9.62. The monoisotopic (exact) mass is 734 g/mol. The van der Waals surface area contributed by atoms with E-state index >= 15 is 0 Å².